The smallest absolute Gasteiger partial charge is 0.272 e. The number of H-pyrrole nitrogens is 1. The largest absolute Gasteiger partial charge is 0.336 e. The van der Waals surface area contributed by atoms with Crippen LogP contribution in [-0.2, 0) is 18.4 Å². The summed E-state index contributed by atoms with van der Waals surface area (Å²) in [5, 5.41) is 14.7. The van der Waals surface area contributed by atoms with Crippen LogP contribution in [0.2, 0.25) is 0 Å². The van der Waals surface area contributed by atoms with Crippen molar-refractivity contribution in [2.45, 2.75) is 63.3 Å². The van der Waals surface area contributed by atoms with Gasteiger partial charge in [0.2, 0.25) is 5.82 Å². The van der Waals surface area contributed by atoms with Crippen LogP contribution >= 0.6 is 0 Å². The van der Waals surface area contributed by atoms with Gasteiger partial charge in [-0.25, -0.2) is 4.98 Å². The second kappa shape index (κ2) is 7.38. The lowest BCUT2D eigenvalue weighted by Crippen LogP contribution is -2.47. The highest BCUT2D eigenvalue weighted by Crippen LogP contribution is 2.37. The summed E-state index contributed by atoms with van der Waals surface area (Å²) in [4.78, 5) is 26.1. The first-order valence-corrected chi connectivity index (χ1v) is 10.2. The Hall–Kier alpha value is -3.10. The second-order valence-corrected chi connectivity index (χ2v) is 7.85. The quantitative estimate of drug-likeness (QED) is 0.698. The number of hydrogen-bond donors (Lipinski definition) is 2. The first-order valence-electron chi connectivity index (χ1n) is 10.2. The minimum Gasteiger partial charge on any atom is -0.336 e. The lowest BCUT2D eigenvalue weighted by atomic mass is 9.81. The van der Waals surface area contributed by atoms with Gasteiger partial charge in [-0.2, -0.15) is 10.1 Å². The molecule has 1 fully saturated rings. The van der Waals surface area contributed by atoms with Crippen molar-refractivity contribution in [3.63, 3.8) is 0 Å². The van der Waals surface area contributed by atoms with E-state index in [4.69, 9.17) is 4.52 Å². The number of nitrogens with one attached hydrogen (secondary N) is 2. The van der Waals surface area contributed by atoms with Gasteiger partial charge in [0.05, 0.1) is 6.20 Å². The van der Waals surface area contributed by atoms with E-state index in [2.05, 4.69) is 35.6 Å². The van der Waals surface area contributed by atoms with E-state index in [1.807, 2.05) is 0 Å². The molecule has 29 heavy (non-hydrogen) atoms. The Bertz CT molecular complexity index is 1010. The molecule has 2 N–H and O–H groups in total. The predicted octanol–water partition coefficient (Wildman–Crippen LogP) is 2.72. The van der Waals surface area contributed by atoms with Gasteiger partial charge in [0.25, 0.3) is 11.8 Å². The number of aromatic nitrogens is 6. The highest BCUT2D eigenvalue weighted by Gasteiger charge is 2.42. The minimum atomic E-state index is -0.677. The molecule has 1 amide bonds. The van der Waals surface area contributed by atoms with Crippen molar-refractivity contribution < 1.29 is 9.32 Å². The van der Waals surface area contributed by atoms with Crippen molar-refractivity contribution in [1.29, 1.82) is 0 Å². The molecule has 0 spiro atoms. The molecule has 3 heterocycles. The summed E-state index contributed by atoms with van der Waals surface area (Å²) in [6.45, 7) is 0. The molecule has 3 aromatic heterocycles. The van der Waals surface area contributed by atoms with Crippen LogP contribution in [0, 0.1) is 0 Å². The lowest BCUT2D eigenvalue weighted by Gasteiger charge is -2.34. The van der Waals surface area contributed by atoms with E-state index in [0.717, 1.165) is 69.0 Å². The van der Waals surface area contributed by atoms with E-state index < -0.39 is 5.54 Å². The predicted molar refractivity (Wildman–Crippen MR) is 103 cm³/mol. The van der Waals surface area contributed by atoms with Crippen LogP contribution in [0.25, 0.3) is 11.5 Å². The first-order chi connectivity index (χ1) is 14.3. The van der Waals surface area contributed by atoms with Crippen LogP contribution < -0.4 is 5.32 Å². The molecule has 2 aliphatic carbocycles. The molecular weight excluding hydrogens is 370 g/mol. The normalized spacial score (nSPS) is 18.2. The number of rotatable bonds is 4. The van der Waals surface area contributed by atoms with Crippen LogP contribution in [0.1, 0.15) is 72.6 Å². The van der Waals surface area contributed by atoms with E-state index in [0.29, 0.717) is 23.1 Å². The van der Waals surface area contributed by atoms with Crippen molar-refractivity contribution in [3.8, 4) is 11.5 Å². The average Bonchev–Trinajstić information content (AvgIpc) is 3.43. The summed E-state index contributed by atoms with van der Waals surface area (Å²) in [6.07, 6.45) is 13.4. The van der Waals surface area contributed by atoms with Crippen LogP contribution in [0.3, 0.4) is 0 Å². The Balaban J connectivity index is 1.45. The zero-order chi connectivity index (χ0) is 19.7. The van der Waals surface area contributed by atoms with E-state index in [-0.39, 0.29) is 5.91 Å². The third-order valence-corrected chi connectivity index (χ3v) is 5.96. The maximum absolute atomic E-state index is 13.2. The standard InChI is InChI=1S/C20H23N7O2/c28-18(16-13-6-2-3-7-14(13)25-26-16)24-20(8-4-1-5-9-20)19-23-17(27-29-19)15-12-21-10-11-22-15/h10-12H,1-9H2,(H,24,28)(H,25,26). The molecule has 1 saturated carbocycles. The Morgan fingerprint density at radius 3 is 2.79 bits per heavy atom. The highest BCUT2D eigenvalue weighted by molar-refractivity contribution is 5.94. The zero-order valence-electron chi connectivity index (χ0n) is 16.1. The molecule has 0 unspecified atom stereocenters. The van der Waals surface area contributed by atoms with E-state index in [1.54, 1.807) is 18.6 Å². The van der Waals surface area contributed by atoms with Gasteiger partial charge in [0, 0.05) is 23.7 Å². The molecule has 9 nitrogen and oxygen atoms in total. The Morgan fingerprint density at radius 2 is 1.97 bits per heavy atom. The summed E-state index contributed by atoms with van der Waals surface area (Å²) >= 11 is 0. The maximum Gasteiger partial charge on any atom is 0.272 e. The van der Waals surface area contributed by atoms with Gasteiger partial charge in [-0.05, 0) is 38.5 Å². The first kappa shape index (κ1) is 18.0. The third kappa shape index (κ3) is 3.30. The van der Waals surface area contributed by atoms with E-state index >= 15 is 0 Å². The van der Waals surface area contributed by atoms with E-state index in [1.165, 1.54) is 0 Å². The van der Waals surface area contributed by atoms with Gasteiger partial charge in [-0.1, -0.05) is 24.4 Å². The van der Waals surface area contributed by atoms with E-state index in [9.17, 15) is 4.79 Å². The molecule has 0 saturated heterocycles. The number of aromatic amines is 1. The van der Waals surface area contributed by atoms with Crippen LogP contribution in [-0.4, -0.2) is 36.2 Å². The molecule has 0 bridgehead atoms. The number of nitrogens with zero attached hydrogens (tertiary/aromatic N) is 5. The fourth-order valence-corrected chi connectivity index (χ4v) is 4.43. The number of aryl methyl sites for hydroxylation is 1. The molecular formula is C20H23N7O2. The maximum atomic E-state index is 13.2. The molecule has 9 heteroatoms. The fourth-order valence-electron chi connectivity index (χ4n) is 4.43. The summed E-state index contributed by atoms with van der Waals surface area (Å²) in [5.74, 6) is 0.630. The molecule has 2 aliphatic rings. The average molecular weight is 393 g/mol. The highest BCUT2D eigenvalue weighted by atomic mass is 16.5. The SMILES string of the molecule is O=C(NC1(c2nc(-c3cnccn3)no2)CCCCC1)c1n[nH]c2c1CCCC2. The third-order valence-electron chi connectivity index (χ3n) is 5.96. The number of carbonyl (C=O) groups excluding carboxylic acids is 1. The summed E-state index contributed by atoms with van der Waals surface area (Å²) < 4.78 is 5.62. The monoisotopic (exact) mass is 393 g/mol. The van der Waals surface area contributed by atoms with Gasteiger partial charge in [0.1, 0.15) is 11.2 Å². The van der Waals surface area contributed by atoms with Gasteiger partial charge in [0.15, 0.2) is 5.69 Å². The number of fused-ring (bicyclic) bond motifs is 1. The van der Waals surface area contributed by atoms with Gasteiger partial charge in [-0.15, -0.1) is 0 Å². The fraction of sp³-hybridized carbons (Fsp3) is 0.500. The minimum absolute atomic E-state index is 0.175. The molecule has 150 valence electrons. The van der Waals surface area contributed by atoms with Gasteiger partial charge in [-0.3, -0.25) is 14.9 Å². The van der Waals surface area contributed by atoms with Crippen molar-refractivity contribution in [2.24, 2.45) is 0 Å². The van der Waals surface area contributed by atoms with Crippen molar-refractivity contribution in [1.82, 2.24) is 35.6 Å². The summed E-state index contributed by atoms with van der Waals surface area (Å²) in [7, 11) is 0. The van der Waals surface area contributed by atoms with Crippen LogP contribution in [0.4, 0.5) is 0 Å². The van der Waals surface area contributed by atoms with Gasteiger partial charge < -0.3 is 9.84 Å². The molecule has 5 rings (SSSR count). The van der Waals surface area contributed by atoms with Gasteiger partial charge >= 0.3 is 0 Å². The van der Waals surface area contributed by atoms with Crippen LogP contribution in [0.15, 0.2) is 23.1 Å². The van der Waals surface area contributed by atoms with Crippen molar-refractivity contribution in [2.75, 3.05) is 0 Å². The van der Waals surface area contributed by atoms with Crippen molar-refractivity contribution in [3.05, 3.63) is 41.4 Å². The molecule has 0 aliphatic heterocycles. The molecule has 0 radical (unpaired) electrons. The topological polar surface area (TPSA) is 122 Å². The molecule has 3 aromatic rings. The second-order valence-electron chi connectivity index (χ2n) is 7.85. The Morgan fingerprint density at radius 1 is 1.10 bits per heavy atom. The summed E-state index contributed by atoms with van der Waals surface area (Å²) in [6, 6.07) is 0. The Labute approximate surface area is 167 Å². The summed E-state index contributed by atoms with van der Waals surface area (Å²) in [5.41, 5.74) is 2.50. The number of amides is 1. The van der Waals surface area contributed by atoms with Crippen LogP contribution in [0.5, 0.6) is 0 Å². The number of hydrogen-bond acceptors (Lipinski definition) is 7. The Kier molecular flexibility index (Phi) is 4.57. The molecule has 0 aromatic carbocycles. The zero-order valence-corrected chi connectivity index (χ0v) is 16.1. The molecule has 0 atom stereocenters. The number of carbonyl (C=O) groups is 1. The lowest BCUT2D eigenvalue weighted by molar-refractivity contribution is 0.0818. The van der Waals surface area contributed by atoms with Crippen molar-refractivity contribution >= 4 is 5.91 Å².